The van der Waals surface area contributed by atoms with Crippen LogP contribution in [0.15, 0.2) is 60.7 Å². The molecule has 6 nitrogen and oxygen atoms in total. The van der Waals surface area contributed by atoms with E-state index in [2.05, 4.69) is 20.8 Å². The number of aliphatic hydroxyl groups is 1. The molecule has 0 saturated heterocycles. The number of unbranched alkanes of at least 4 members (excludes halogenated alkanes) is 3. The second-order valence-corrected chi connectivity index (χ2v) is 10.6. The van der Waals surface area contributed by atoms with Gasteiger partial charge in [0.15, 0.2) is 6.61 Å². The molecule has 208 valence electrons. The van der Waals surface area contributed by atoms with E-state index in [9.17, 15) is 9.90 Å². The summed E-state index contributed by atoms with van der Waals surface area (Å²) in [5.41, 5.74) is 2.69. The van der Waals surface area contributed by atoms with Crippen molar-refractivity contribution in [2.24, 2.45) is 0 Å². The average molecular weight is 533 g/mol. The van der Waals surface area contributed by atoms with Gasteiger partial charge in [0.05, 0.1) is 18.8 Å². The third kappa shape index (κ3) is 7.76. The van der Waals surface area contributed by atoms with Gasteiger partial charge in [0.1, 0.15) is 35.2 Å². The van der Waals surface area contributed by atoms with E-state index in [1.54, 1.807) is 18.2 Å². The molecule has 0 spiro atoms. The van der Waals surface area contributed by atoms with E-state index in [-0.39, 0.29) is 24.6 Å². The normalized spacial score (nSPS) is 13.7. The fourth-order valence-corrected chi connectivity index (χ4v) is 4.68. The van der Waals surface area contributed by atoms with Crippen molar-refractivity contribution in [3.63, 3.8) is 0 Å². The van der Waals surface area contributed by atoms with Crippen molar-refractivity contribution in [3.8, 4) is 23.0 Å². The first kappa shape index (κ1) is 28.5. The SMILES string of the molecule is CCCCCCOc1ccc(C(=O)COc2c(CO)ccc3c2CCC(C)(C)O3)c(OCc2ccccc2)c1. The Hall–Kier alpha value is -3.51. The molecule has 0 fully saturated rings. The van der Waals surface area contributed by atoms with Gasteiger partial charge in [-0.3, -0.25) is 4.79 Å². The van der Waals surface area contributed by atoms with Crippen LogP contribution >= 0.6 is 0 Å². The third-order valence-electron chi connectivity index (χ3n) is 6.94. The van der Waals surface area contributed by atoms with Gasteiger partial charge in [-0.25, -0.2) is 0 Å². The number of benzene rings is 3. The van der Waals surface area contributed by atoms with Crippen LogP contribution in [0.2, 0.25) is 0 Å². The summed E-state index contributed by atoms with van der Waals surface area (Å²) in [4.78, 5) is 13.4. The highest BCUT2D eigenvalue weighted by Crippen LogP contribution is 2.40. The number of rotatable bonds is 14. The average Bonchev–Trinajstić information content (AvgIpc) is 2.94. The lowest BCUT2D eigenvalue weighted by molar-refractivity contribution is 0.0812. The summed E-state index contributed by atoms with van der Waals surface area (Å²) in [5.74, 6) is 2.18. The lowest BCUT2D eigenvalue weighted by Gasteiger charge is -2.33. The maximum Gasteiger partial charge on any atom is 0.203 e. The summed E-state index contributed by atoms with van der Waals surface area (Å²) in [6.07, 6.45) is 6.04. The Labute approximate surface area is 231 Å². The van der Waals surface area contributed by atoms with Crippen LogP contribution in [-0.2, 0) is 19.6 Å². The number of ketones is 1. The summed E-state index contributed by atoms with van der Waals surface area (Å²) in [6, 6.07) is 18.8. The number of carbonyl (C=O) groups is 1. The standard InChI is InChI=1S/C33H40O6/c1-4-5-6-10-19-36-26-14-15-27(31(20-26)37-22-24-11-8-7-9-12-24)29(35)23-38-32-25(21-34)13-16-30-28(32)17-18-33(2,3)39-30/h7-9,11-16,20,34H,4-6,10,17-19,21-23H2,1-3H3. The van der Waals surface area contributed by atoms with Gasteiger partial charge < -0.3 is 24.1 Å². The van der Waals surface area contributed by atoms with Gasteiger partial charge in [-0.2, -0.15) is 0 Å². The molecule has 39 heavy (non-hydrogen) atoms. The monoisotopic (exact) mass is 532 g/mol. The Bertz CT molecular complexity index is 1230. The fraction of sp³-hybridized carbons (Fsp3) is 0.424. The van der Waals surface area contributed by atoms with E-state index in [0.29, 0.717) is 41.6 Å². The molecule has 3 aromatic rings. The Morgan fingerprint density at radius 3 is 2.56 bits per heavy atom. The van der Waals surface area contributed by atoms with Crippen LogP contribution in [0.5, 0.6) is 23.0 Å². The highest BCUT2D eigenvalue weighted by atomic mass is 16.5. The van der Waals surface area contributed by atoms with Crippen LogP contribution in [0.3, 0.4) is 0 Å². The molecule has 0 unspecified atom stereocenters. The molecule has 0 amide bonds. The first-order valence-corrected chi connectivity index (χ1v) is 13.9. The zero-order valence-corrected chi connectivity index (χ0v) is 23.3. The second kappa shape index (κ2) is 13.5. The zero-order chi connectivity index (χ0) is 27.7. The van der Waals surface area contributed by atoms with Crippen LogP contribution in [0.4, 0.5) is 0 Å². The molecule has 3 aromatic carbocycles. The summed E-state index contributed by atoms with van der Waals surface area (Å²) in [6.45, 7) is 6.86. The van der Waals surface area contributed by atoms with Crippen molar-refractivity contribution < 1.29 is 28.8 Å². The van der Waals surface area contributed by atoms with E-state index >= 15 is 0 Å². The Morgan fingerprint density at radius 1 is 0.974 bits per heavy atom. The van der Waals surface area contributed by atoms with Crippen molar-refractivity contribution >= 4 is 5.78 Å². The molecule has 0 aromatic heterocycles. The number of fused-ring (bicyclic) bond motifs is 1. The van der Waals surface area contributed by atoms with Crippen LogP contribution in [-0.4, -0.2) is 29.7 Å². The smallest absolute Gasteiger partial charge is 0.203 e. The Balaban J connectivity index is 1.51. The molecule has 1 aliphatic heterocycles. The minimum Gasteiger partial charge on any atom is -0.493 e. The number of ether oxygens (including phenoxy) is 4. The van der Waals surface area contributed by atoms with Gasteiger partial charge in [0.25, 0.3) is 0 Å². The van der Waals surface area contributed by atoms with E-state index in [1.165, 1.54) is 12.8 Å². The highest BCUT2D eigenvalue weighted by molar-refractivity contribution is 6.00. The van der Waals surface area contributed by atoms with Gasteiger partial charge in [0, 0.05) is 17.2 Å². The second-order valence-electron chi connectivity index (χ2n) is 10.6. The maximum absolute atomic E-state index is 13.4. The predicted octanol–water partition coefficient (Wildman–Crippen LogP) is 7.08. The van der Waals surface area contributed by atoms with Gasteiger partial charge in [0.2, 0.25) is 5.78 Å². The largest absolute Gasteiger partial charge is 0.493 e. The highest BCUT2D eigenvalue weighted by Gasteiger charge is 2.30. The molecule has 0 saturated carbocycles. The molecule has 0 atom stereocenters. The van der Waals surface area contributed by atoms with E-state index in [0.717, 1.165) is 42.6 Å². The molecule has 0 aliphatic carbocycles. The summed E-state index contributed by atoms with van der Waals surface area (Å²) >= 11 is 0. The molecular weight excluding hydrogens is 492 g/mol. The van der Waals surface area contributed by atoms with Gasteiger partial charge in [-0.15, -0.1) is 0 Å². The minimum atomic E-state index is -0.272. The number of hydrogen-bond acceptors (Lipinski definition) is 6. The van der Waals surface area contributed by atoms with Gasteiger partial charge in [-0.1, -0.05) is 56.5 Å². The number of carbonyl (C=O) groups excluding carboxylic acids is 1. The van der Waals surface area contributed by atoms with Crippen LogP contribution in [0.25, 0.3) is 0 Å². The maximum atomic E-state index is 13.4. The van der Waals surface area contributed by atoms with Crippen molar-refractivity contribution in [3.05, 3.63) is 82.9 Å². The quantitative estimate of drug-likeness (QED) is 0.177. The summed E-state index contributed by atoms with van der Waals surface area (Å²) < 4.78 is 24.3. The van der Waals surface area contributed by atoms with Crippen LogP contribution < -0.4 is 18.9 Å². The zero-order valence-electron chi connectivity index (χ0n) is 23.3. The first-order valence-electron chi connectivity index (χ1n) is 13.9. The lowest BCUT2D eigenvalue weighted by Crippen LogP contribution is -2.33. The Morgan fingerprint density at radius 2 is 1.79 bits per heavy atom. The minimum absolute atomic E-state index is 0.185. The number of aliphatic hydroxyl groups excluding tert-OH is 1. The molecule has 1 N–H and O–H groups in total. The topological polar surface area (TPSA) is 74.2 Å². The van der Waals surface area contributed by atoms with Crippen molar-refractivity contribution in [1.29, 1.82) is 0 Å². The molecule has 0 bridgehead atoms. The lowest BCUT2D eigenvalue weighted by atomic mass is 9.92. The van der Waals surface area contributed by atoms with Gasteiger partial charge >= 0.3 is 0 Å². The van der Waals surface area contributed by atoms with Crippen molar-refractivity contribution in [1.82, 2.24) is 0 Å². The summed E-state index contributed by atoms with van der Waals surface area (Å²) in [7, 11) is 0. The third-order valence-corrected chi connectivity index (χ3v) is 6.94. The van der Waals surface area contributed by atoms with E-state index in [1.807, 2.05) is 42.5 Å². The molecular formula is C33H40O6. The predicted molar refractivity (Wildman–Crippen MR) is 152 cm³/mol. The number of Topliss-reactive ketones (excluding diaryl/α,β-unsaturated/α-hetero) is 1. The fourth-order valence-electron chi connectivity index (χ4n) is 4.68. The van der Waals surface area contributed by atoms with Crippen molar-refractivity contribution in [2.45, 2.75) is 78.1 Å². The van der Waals surface area contributed by atoms with Crippen molar-refractivity contribution in [2.75, 3.05) is 13.2 Å². The molecule has 1 aliphatic rings. The Kier molecular flexibility index (Phi) is 9.88. The molecule has 0 radical (unpaired) electrons. The molecule has 4 rings (SSSR count). The molecule has 1 heterocycles. The first-order chi connectivity index (χ1) is 18.9. The van der Waals surface area contributed by atoms with E-state index in [4.69, 9.17) is 18.9 Å². The van der Waals surface area contributed by atoms with Crippen LogP contribution in [0, 0.1) is 0 Å². The number of hydrogen-bond donors (Lipinski definition) is 1. The van der Waals surface area contributed by atoms with E-state index < -0.39 is 0 Å². The van der Waals surface area contributed by atoms with Gasteiger partial charge in [-0.05, 0) is 62.9 Å². The molecule has 6 heteroatoms. The summed E-state index contributed by atoms with van der Waals surface area (Å²) in [5, 5.41) is 9.94. The van der Waals surface area contributed by atoms with Crippen LogP contribution in [0.1, 0.15) is 79.9 Å².